The molecule has 1 aromatic heterocycles. The number of benzene rings is 2. The van der Waals surface area contributed by atoms with Crippen molar-refractivity contribution in [1.82, 2.24) is 9.55 Å². The minimum absolute atomic E-state index is 0.0953. The number of aryl methyl sites for hydroxylation is 3. The van der Waals surface area contributed by atoms with Crippen LogP contribution in [0.5, 0.6) is 5.75 Å². The summed E-state index contributed by atoms with van der Waals surface area (Å²) in [7, 11) is 2.52. The fraction of sp³-hybridized carbons (Fsp3) is 0.500. The van der Waals surface area contributed by atoms with Crippen LogP contribution in [0.4, 0.5) is 0 Å². The van der Waals surface area contributed by atoms with Gasteiger partial charge in [0.25, 0.3) is 0 Å². The Bertz CT molecular complexity index is 964. The van der Waals surface area contributed by atoms with Crippen molar-refractivity contribution in [3.8, 4) is 22.8 Å². The topological polar surface area (TPSA) is 27.1 Å². The van der Waals surface area contributed by atoms with Gasteiger partial charge in [-0.2, -0.15) is 0 Å². The van der Waals surface area contributed by atoms with Gasteiger partial charge < -0.3 is 4.74 Å². The van der Waals surface area contributed by atoms with Gasteiger partial charge in [-0.25, -0.2) is 4.98 Å². The van der Waals surface area contributed by atoms with Gasteiger partial charge in [-0.05, 0) is 68.7 Å². The molecule has 4 heteroatoms. The van der Waals surface area contributed by atoms with Gasteiger partial charge in [-0.3, -0.25) is 4.57 Å². The number of ether oxygens (including phenoxy) is 1. The molecule has 190 valence electrons. The van der Waals surface area contributed by atoms with E-state index >= 15 is 0 Å². The third-order valence-corrected chi connectivity index (χ3v) is 7.56. The zero-order valence-electron chi connectivity index (χ0n) is 24.1. The van der Waals surface area contributed by atoms with Gasteiger partial charge in [-0.1, -0.05) is 73.1 Å². The molecule has 2 atom stereocenters. The Kier molecular flexibility index (Phi) is 14.7. The van der Waals surface area contributed by atoms with Crippen LogP contribution in [0, 0.1) is 20.8 Å². The van der Waals surface area contributed by atoms with Gasteiger partial charge in [0, 0.05) is 23.1 Å². The molecule has 0 aliphatic rings. The maximum Gasteiger partial charge on any atom is 0.144 e. The van der Waals surface area contributed by atoms with Crippen LogP contribution in [0.15, 0.2) is 42.7 Å². The van der Waals surface area contributed by atoms with Crippen molar-refractivity contribution >= 4 is 8.58 Å². The molecule has 0 aliphatic carbocycles. The lowest BCUT2D eigenvalue weighted by atomic mass is 9.91. The van der Waals surface area contributed by atoms with E-state index in [9.17, 15) is 0 Å². The van der Waals surface area contributed by atoms with Gasteiger partial charge in [-0.15, -0.1) is 8.58 Å². The third-order valence-electron chi connectivity index (χ3n) is 5.84. The molecule has 0 spiro atoms. The highest BCUT2D eigenvalue weighted by atomic mass is 31.1. The van der Waals surface area contributed by atoms with E-state index < -0.39 is 0 Å². The number of methoxy groups -OCH3 is 1. The highest BCUT2D eigenvalue weighted by Gasteiger charge is 2.28. The van der Waals surface area contributed by atoms with Crippen molar-refractivity contribution in [2.45, 2.75) is 87.7 Å². The second kappa shape index (κ2) is 15.7. The van der Waals surface area contributed by atoms with Crippen molar-refractivity contribution in [3.05, 3.63) is 65.0 Å². The standard InChI is InChI=1S/C24H31N2OP.3C2H6/c1-8-24(5,28-7)21-15-19(27-6)9-10-20(21)23-25-11-12-26(23)22-17(3)13-16(2)14-18(22)4;3*1-2/h9-15,28H,8H2,1-7H3;3*1-2H3. The Hall–Kier alpha value is -2.12. The lowest BCUT2D eigenvalue weighted by Gasteiger charge is -2.30. The number of hydrogen-bond donors (Lipinski definition) is 0. The third kappa shape index (κ3) is 7.19. The molecule has 2 aromatic carbocycles. The van der Waals surface area contributed by atoms with Gasteiger partial charge in [0.05, 0.1) is 12.8 Å². The molecule has 0 amide bonds. The molecule has 0 radical (unpaired) electrons. The SMILES string of the molecule is CC.CC.CC.CCC(C)(PC)c1cc(OC)ccc1-c1nccn1-c1c(C)cc(C)cc1C. The second-order valence-electron chi connectivity index (χ2n) is 7.72. The molecule has 0 fully saturated rings. The quantitative estimate of drug-likeness (QED) is 0.326. The van der Waals surface area contributed by atoms with E-state index in [0.29, 0.717) is 0 Å². The molecule has 3 rings (SSSR count). The number of rotatable bonds is 6. The Morgan fingerprint density at radius 2 is 1.50 bits per heavy atom. The summed E-state index contributed by atoms with van der Waals surface area (Å²) in [6.45, 7) is 25.4. The first-order valence-electron chi connectivity index (χ1n) is 12.8. The molecule has 0 bridgehead atoms. The maximum atomic E-state index is 5.55. The summed E-state index contributed by atoms with van der Waals surface area (Å²) in [4.78, 5) is 4.79. The summed E-state index contributed by atoms with van der Waals surface area (Å²) in [5, 5.41) is 0.0953. The fourth-order valence-corrected chi connectivity index (χ4v) is 4.87. The maximum absolute atomic E-state index is 5.55. The predicted octanol–water partition coefficient (Wildman–Crippen LogP) is 9.49. The van der Waals surface area contributed by atoms with E-state index in [0.717, 1.165) is 26.6 Å². The average Bonchev–Trinajstić information content (AvgIpc) is 3.35. The van der Waals surface area contributed by atoms with E-state index in [1.54, 1.807) is 7.11 Å². The van der Waals surface area contributed by atoms with Gasteiger partial charge in [0.2, 0.25) is 0 Å². The molecule has 0 saturated carbocycles. The molecule has 0 N–H and O–H groups in total. The first-order chi connectivity index (χ1) is 16.3. The normalized spacial score (nSPS) is 11.9. The molecule has 34 heavy (non-hydrogen) atoms. The van der Waals surface area contributed by atoms with Crippen LogP contribution in [-0.2, 0) is 5.16 Å². The Morgan fingerprint density at radius 3 is 1.97 bits per heavy atom. The summed E-state index contributed by atoms with van der Waals surface area (Å²) in [6, 6.07) is 10.9. The number of hydrogen-bond acceptors (Lipinski definition) is 2. The Balaban J connectivity index is 0.00000168. The lowest BCUT2D eigenvalue weighted by molar-refractivity contribution is 0.413. The van der Waals surface area contributed by atoms with E-state index in [1.807, 2.05) is 53.8 Å². The van der Waals surface area contributed by atoms with E-state index in [2.05, 4.69) is 76.3 Å². The van der Waals surface area contributed by atoms with Gasteiger partial charge >= 0.3 is 0 Å². The molecule has 0 aliphatic heterocycles. The number of imidazole rings is 1. The molecular formula is C30H49N2OP. The minimum Gasteiger partial charge on any atom is -0.497 e. The number of nitrogens with zero attached hydrogens (tertiary/aromatic N) is 2. The molecule has 1 heterocycles. The molecule has 3 aromatic rings. The first-order valence-corrected chi connectivity index (χ1v) is 14.3. The smallest absolute Gasteiger partial charge is 0.144 e. The van der Waals surface area contributed by atoms with Crippen molar-refractivity contribution in [2.75, 3.05) is 13.8 Å². The molecule has 0 saturated heterocycles. The van der Waals surface area contributed by atoms with Crippen LogP contribution in [-0.4, -0.2) is 23.3 Å². The monoisotopic (exact) mass is 484 g/mol. The molecule has 2 unspecified atom stereocenters. The first kappa shape index (κ1) is 31.9. The van der Waals surface area contributed by atoms with Crippen molar-refractivity contribution < 1.29 is 4.74 Å². The van der Waals surface area contributed by atoms with Crippen LogP contribution in [0.1, 0.15) is 84.1 Å². The molecule has 3 nitrogen and oxygen atoms in total. The Morgan fingerprint density at radius 1 is 0.941 bits per heavy atom. The minimum atomic E-state index is 0.0953. The second-order valence-corrected chi connectivity index (χ2v) is 9.32. The summed E-state index contributed by atoms with van der Waals surface area (Å²) in [6.07, 6.45) is 5.05. The van der Waals surface area contributed by atoms with Crippen molar-refractivity contribution in [1.29, 1.82) is 0 Å². The summed E-state index contributed by atoms with van der Waals surface area (Å²) < 4.78 is 7.79. The fourth-order valence-electron chi connectivity index (χ4n) is 4.04. The highest BCUT2D eigenvalue weighted by Crippen LogP contribution is 2.47. The summed E-state index contributed by atoms with van der Waals surface area (Å²) >= 11 is 0. The number of aromatic nitrogens is 2. The van der Waals surface area contributed by atoms with E-state index in [1.165, 1.54) is 33.5 Å². The zero-order chi connectivity index (χ0) is 26.5. The predicted molar refractivity (Wildman–Crippen MR) is 156 cm³/mol. The van der Waals surface area contributed by atoms with Crippen LogP contribution in [0.25, 0.3) is 17.1 Å². The Labute approximate surface area is 212 Å². The van der Waals surface area contributed by atoms with Crippen LogP contribution in [0.2, 0.25) is 0 Å². The lowest BCUT2D eigenvalue weighted by Crippen LogP contribution is -2.16. The highest BCUT2D eigenvalue weighted by molar-refractivity contribution is 7.38. The van der Waals surface area contributed by atoms with Crippen LogP contribution < -0.4 is 4.74 Å². The zero-order valence-corrected chi connectivity index (χ0v) is 25.1. The van der Waals surface area contributed by atoms with Crippen molar-refractivity contribution in [2.24, 2.45) is 0 Å². The van der Waals surface area contributed by atoms with Gasteiger partial charge in [0.15, 0.2) is 0 Å². The molecular weight excluding hydrogens is 435 g/mol. The van der Waals surface area contributed by atoms with Crippen LogP contribution >= 0.6 is 8.58 Å². The largest absolute Gasteiger partial charge is 0.497 e. The van der Waals surface area contributed by atoms with Crippen LogP contribution in [0.3, 0.4) is 0 Å². The van der Waals surface area contributed by atoms with Gasteiger partial charge in [0.1, 0.15) is 11.6 Å². The van der Waals surface area contributed by atoms with E-state index in [4.69, 9.17) is 9.72 Å². The summed E-state index contributed by atoms with van der Waals surface area (Å²) in [5.41, 5.74) is 7.53. The van der Waals surface area contributed by atoms with E-state index in [-0.39, 0.29) is 5.16 Å². The van der Waals surface area contributed by atoms with Crippen molar-refractivity contribution in [3.63, 3.8) is 0 Å². The summed E-state index contributed by atoms with van der Waals surface area (Å²) in [5.74, 6) is 1.89. The average molecular weight is 485 g/mol.